The predicted molar refractivity (Wildman–Crippen MR) is 88.4 cm³/mol. The average molecular weight is 320 g/mol. The van der Waals surface area contributed by atoms with Crippen LogP contribution in [0.4, 0.5) is 5.69 Å². The van der Waals surface area contributed by atoms with E-state index in [1.54, 1.807) is 24.3 Å². The van der Waals surface area contributed by atoms with E-state index >= 15 is 0 Å². The number of hydrogen-bond acceptors (Lipinski definition) is 4. The summed E-state index contributed by atoms with van der Waals surface area (Å²) in [4.78, 5) is 34.3. The fraction of sp³-hybridized carbons (Fsp3) is 0.438. The Hall–Kier alpha value is -2.41. The van der Waals surface area contributed by atoms with Gasteiger partial charge in [0.05, 0.1) is 12.6 Å². The van der Waals surface area contributed by atoms with Gasteiger partial charge < -0.3 is 21.7 Å². The average Bonchev–Trinajstić information content (AvgIpc) is 2.50. The van der Waals surface area contributed by atoms with E-state index < -0.39 is 6.04 Å². The highest BCUT2D eigenvalue weighted by molar-refractivity contribution is 5.88. The molecule has 0 aliphatic heterocycles. The number of hydrogen-bond donors (Lipinski definition) is 4. The van der Waals surface area contributed by atoms with Gasteiger partial charge >= 0.3 is 0 Å². The summed E-state index contributed by atoms with van der Waals surface area (Å²) in [5.74, 6) is -0.753. The first-order chi connectivity index (χ1) is 10.8. The molecule has 0 bridgehead atoms. The Bertz CT molecular complexity index is 555. The number of nitrogens with two attached hydrogens (primary N) is 1. The van der Waals surface area contributed by atoms with Gasteiger partial charge in [0.25, 0.3) is 0 Å². The standard InChI is InChI=1S/C16H24N4O3/c1-10(2)15(17)16(23)19-9-14(22)18-8-12-4-6-13(7-5-12)20-11(3)21/h4-7,10,15H,8-9,17H2,1-3H3,(H,18,22)(H,19,23)(H,20,21)/t15-/m0/s1. The van der Waals surface area contributed by atoms with Gasteiger partial charge in [-0.05, 0) is 23.6 Å². The molecule has 7 heteroatoms. The van der Waals surface area contributed by atoms with Crippen molar-refractivity contribution >= 4 is 23.4 Å². The molecular formula is C16H24N4O3. The summed E-state index contributed by atoms with van der Waals surface area (Å²) in [6.07, 6.45) is 0. The third-order valence-corrected chi connectivity index (χ3v) is 3.21. The topological polar surface area (TPSA) is 113 Å². The monoisotopic (exact) mass is 320 g/mol. The van der Waals surface area contributed by atoms with E-state index in [0.29, 0.717) is 12.2 Å². The van der Waals surface area contributed by atoms with Crippen LogP contribution >= 0.6 is 0 Å². The van der Waals surface area contributed by atoms with Crippen LogP contribution in [0.2, 0.25) is 0 Å². The molecule has 0 aliphatic carbocycles. The van der Waals surface area contributed by atoms with Gasteiger partial charge in [-0.1, -0.05) is 26.0 Å². The number of carbonyl (C=O) groups excluding carboxylic acids is 3. The summed E-state index contributed by atoms with van der Waals surface area (Å²) < 4.78 is 0. The van der Waals surface area contributed by atoms with Crippen molar-refractivity contribution in [3.63, 3.8) is 0 Å². The molecule has 1 aromatic rings. The molecule has 0 aromatic heterocycles. The lowest BCUT2D eigenvalue weighted by molar-refractivity contribution is -0.127. The highest BCUT2D eigenvalue weighted by Crippen LogP contribution is 2.09. The van der Waals surface area contributed by atoms with Crippen molar-refractivity contribution in [3.8, 4) is 0 Å². The van der Waals surface area contributed by atoms with E-state index in [1.165, 1.54) is 6.92 Å². The smallest absolute Gasteiger partial charge is 0.239 e. The Balaban J connectivity index is 2.36. The summed E-state index contributed by atoms with van der Waals surface area (Å²) in [6, 6.07) is 6.50. The Morgan fingerprint density at radius 1 is 1.09 bits per heavy atom. The van der Waals surface area contributed by atoms with E-state index in [9.17, 15) is 14.4 Å². The highest BCUT2D eigenvalue weighted by atomic mass is 16.2. The third-order valence-electron chi connectivity index (χ3n) is 3.21. The lowest BCUT2D eigenvalue weighted by atomic mass is 10.1. The normalized spacial score (nSPS) is 11.7. The predicted octanol–water partition coefficient (Wildman–Crippen LogP) is 0.361. The molecular weight excluding hydrogens is 296 g/mol. The van der Waals surface area contributed by atoms with Gasteiger partial charge in [-0.2, -0.15) is 0 Å². The van der Waals surface area contributed by atoms with Gasteiger partial charge in [-0.25, -0.2) is 0 Å². The quantitative estimate of drug-likeness (QED) is 0.581. The Morgan fingerprint density at radius 2 is 1.70 bits per heavy atom. The largest absolute Gasteiger partial charge is 0.350 e. The van der Waals surface area contributed by atoms with Gasteiger partial charge in [0, 0.05) is 19.2 Å². The molecule has 7 nitrogen and oxygen atoms in total. The molecule has 0 unspecified atom stereocenters. The number of rotatable bonds is 7. The van der Waals surface area contributed by atoms with E-state index in [1.807, 2.05) is 13.8 Å². The first kappa shape index (κ1) is 18.6. The number of amides is 3. The number of anilines is 1. The van der Waals surface area contributed by atoms with Crippen LogP contribution in [0.15, 0.2) is 24.3 Å². The first-order valence-corrected chi connectivity index (χ1v) is 7.46. The molecule has 0 saturated carbocycles. The fourth-order valence-corrected chi connectivity index (χ4v) is 1.76. The molecule has 1 rings (SSSR count). The Labute approximate surface area is 136 Å². The van der Waals surface area contributed by atoms with Gasteiger partial charge in [0.15, 0.2) is 0 Å². The highest BCUT2D eigenvalue weighted by Gasteiger charge is 2.17. The van der Waals surface area contributed by atoms with Crippen LogP contribution in [0.3, 0.4) is 0 Å². The summed E-state index contributed by atoms with van der Waals surface area (Å²) >= 11 is 0. The summed E-state index contributed by atoms with van der Waals surface area (Å²) in [5, 5.41) is 7.87. The van der Waals surface area contributed by atoms with E-state index in [-0.39, 0.29) is 30.2 Å². The lowest BCUT2D eigenvalue weighted by Crippen LogP contribution is -2.47. The summed E-state index contributed by atoms with van der Waals surface area (Å²) in [7, 11) is 0. The van der Waals surface area contributed by atoms with Crippen LogP contribution in [0, 0.1) is 5.92 Å². The number of nitrogens with one attached hydrogen (secondary N) is 3. The molecule has 126 valence electrons. The maximum atomic E-state index is 11.7. The molecule has 23 heavy (non-hydrogen) atoms. The number of benzene rings is 1. The van der Waals surface area contributed by atoms with Gasteiger partial charge in [0.2, 0.25) is 17.7 Å². The van der Waals surface area contributed by atoms with Crippen molar-refractivity contribution in [1.29, 1.82) is 0 Å². The molecule has 0 saturated heterocycles. The second-order valence-corrected chi connectivity index (χ2v) is 5.64. The Morgan fingerprint density at radius 3 is 2.22 bits per heavy atom. The molecule has 5 N–H and O–H groups in total. The first-order valence-electron chi connectivity index (χ1n) is 7.46. The lowest BCUT2D eigenvalue weighted by Gasteiger charge is -2.15. The SMILES string of the molecule is CC(=O)Nc1ccc(CNC(=O)CNC(=O)[C@@H](N)C(C)C)cc1. The fourth-order valence-electron chi connectivity index (χ4n) is 1.76. The van der Waals surface area contributed by atoms with E-state index in [0.717, 1.165) is 5.56 Å². The molecule has 0 radical (unpaired) electrons. The van der Waals surface area contributed by atoms with Crippen molar-refractivity contribution in [2.24, 2.45) is 11.7 Å². The maximum Gasteiger partial charge on any atom is 0.239 e. The third kappa shape index (κ3) is 6.92. The molecule has 1 atom stereocenters. The maximum absolute atomic E-state index is 11.7. The van der Waals surface area contributed by atoms with Crippen LogP contribution in [0.25, 0.3) is 0 Å². The molecule has 0 heterocycles. The molecule has 0 aliphatic rings. The molecule has 3 amide bonds. The second kappa shape index (κ2) is 8.89. The Kier molecular flexibility index (Phi) is 7.21. The molecule has 0 spiro atoms. The van der Waals surface area contributed by atoms with Gasteiger partial charge in [0.1, 0.15) is 0 Å². The van der Waals surface area contributed by atoms with Crippen molar-refractivity contribution in [1.82, 2.24) is 10.6 Å². The van der Waals surface area contributed by atoms with Crippen LogP contribution in [0.1, 0.15) is 26.3 Å². The van der Waals surface area contributed by atoms with Crippen molar-refractivity contribution in [2.45, 2.75) is 33.4 Å². The molecule has 0 fully saturated rings. The van der Waals surface area contributed by atoms with Crippen molar-refractivity contribution in [3.05, 3.63) is 29.8 Å². The van der Waals surface area contributed by atoms with Gasteiger partial charge in [-0.3, -0.25) is 14.4 Å². The minimum absolute atomic E-state index is 0.0141. The minimum Gasteiger partial charge on any atom is -0.350 e. The van der Waals surface area contributed by atoms with Crippen molar-refractivity contribution in [2.75, 3.05) is 11.9 Å². The molecule has 1 aromatic carbocycles. The summed E-state index contributed by atoms with van der Waals surface area (Å²) in [6.45, 7) is 5.35. The zero-order valence-electron chi connectivity index (χ0n) is 13.7. The van der Waals surface area contributed by atoms with E-state index in [2.05, 4.69) is 16.0 Å². The zero-order chi connectivity index (χ0) is 17.4. The van der Waals surface area contributed by atoms with Gasteiger partial charge in [-0.15, -0.1) is 0 Å². The summed E-state index contributed by atoms with van der Waals surface area (Å²) in [5.41, 5.74) is 7.27. The second-order valence-electron chi connectivity index (χ2n) is 5.64. The van der Waals surface area contributed by atoms with Crippen LogP contribution in [-0.2, 0) is 20.9 Å². The minimum atomic E-state index is -0.621. The van der Waals surface area contributed by atoms with Crippen LogP contribution in [-0.4, -0.2) is 30.3 Å². The zero-order valence-corrected chi connectivity index (χ0v) is 13.7. The van der Waals surface area contributed by atoms with Crippen LogP contribution < -0.4 is 21.7 Å². The van der Waals surface area contributed by atoms with E-state index in [4.69, 9.17) is 5.73 Å². The van der Waals surface area contributed by atoms with Crippen LogP contribution in [0.5, 0.6) is 0 Å². The van der Waals surface area contributed by atoms with Crippen molar-refractivity contribution < 1.29 is 14.4 Å². The number of carbonyl (C=O) groups is 3.